The van der Waals surface area contributed by atoms with Crippen LogP contribution < -0.4 is 26.8 Å². The zero-order valence-electron chi connectivity index (χ0n) is 18.4. The van der Waals surface area contributed by atoms with Crippen LogP contribution in [0.5, 0.6) is 0 Å². The predicted octanol–water partition coefficient (Wildman–Crippen LogP) is -0.296. The summed E-state index contributed by atoms with van der Waals surface area (Å²) in [4.78, 5) is 43.8. The van der Waals surface area contributed by atoms with E-state index in [4.69, 9.17) is 4.98 Å². The van der Waals surface area contributed by atoms with Crippen molar-refractivity contribution >= 4 is 23.0 Å². The van der Waals surface area contributed by atoms with E-state index in [0.29, 0.717) is 30.2 Å². The molecule has 30 heavy (non-hydrogen) atoms. The van der Waals surface area contributed by atoms with Crippen molar-refractivity contribution in [3.8, 4) is 0 Å². The minimum Gasteiger partial charge on any atom is -0.358 e. The highest BCUT2D eigenvalue weighted by Crippen LogP contribution is 2.23. The molecule has 0 aliphatic carbocycles. The van der Waals surface area contributed by atoms with Gasteiger partial charge in [0.2, 0.25) is 11.9 Å². The topological polar surface area (TPSA) is 106 Å². The third-order valence-electron chi connectivity index (χ3n) is 5.54. The van der Waals surface area contributed by atoms with Gasteiger partial charge < -0.3 is 20.1 Å². The van der Waals surface area contributed by atoms with Crippen molar-refractivity contribution in [1.29, 1.82) is 0 Å². The number of hydrogen-bond acceptors (Lipinski definition) is 6. The lowest BCUT2D eigenvalue weighted by Crippen LogP contribution is -2.49. The lowest BCUT2D eigenvalue weighted by atomic mass is 10.1. The van der Waals surface area contributed by atoms with Crippen molar-refractivity contribution < 1.29 is 4.79 Å². The SMILES string of the molecule is CNC(=O)CNC1CCCN(c2nc3c(c(=O)n(C)c(=O)n3C)n2CC=C(C)C)C1. The molecular weight excluding hydrogens is 386 g/mol. The number of aryl methyl sites for hydroxylation is 1. The molecule has 0 spiro atoms. The first-order chi connectivity index (χ1) is 14.2. The Bertz CT molecular complexity index is 1090. The summed E-state index contributed by atoms with van der Waals surface area (Å²) in [6, 6.07) is 0.138. The van der Waals surface area contributed by atoms with Crippen LogP contribution in [0.15, 0.2) is 21.2 Å². The average molecular weight is 418 g/mol. The lowest BCUT2D eigenvalue weighted by molar-refractivity contribution is -0.119. The molecular formula is C20H31N7O3. The van der Waals surface area contributed by atoms with E-state index in [2.05, 4.69) is 15.5 Å². The van der Waals surface area contributed by atoms with Crippen molar-refractivity contribution in [1.82, 2.24) is 29.3 Å². The first-order valence-corrected chi connectivity index (χ1v) is 10.2. The Kier molecular flexibility index (Phi) is 6.45. The number of anilines is 1. The fourth-order valence-corrected chi connectivity index (χ4v) is 3.77. The molecule has 2 N–H and O–H groups in total. The van der Waals surface area contributed by atoms with E-state index in [1.165, 1.54) is 11.6 Å². The van der Waals surface area contributed by atoms with Crippen molar-refractivity contribution in [3.63, 3.8) is 0 Å². The highest BCUT2D eigenvalue weighted by molar-refractivity contribution is 5.77. The van der Waals surface area contributed by atoms with Crippen molar-refractivity contribution in [2.45, 2.75) is 39.3 Å². The van der Waals surface area contributed by atoms with E-state index in [1.54, 1.807) is 14.1 Å². The number of aromatic nitrogens is 4. The number of imidazole rings is 1. The van der Waals surface area contributed by atoms with E-state index >= 15 is 0 Å². The summed E-state index contributed by atoms with van der Waals surface area (Å²) < 4.78 is 4.44. The van der Waals surface area contributed by atoms with E-state index in [-0.39, 0.29) is 24.1 Å². The molecule has 2 aromatic rings. The fraction of sp³-hybridized carbons (Fsp3) is 0.600. The Morgan fingerprint density at radius 2 is 1.97 bits per heavy atom. The molecule has 3 heterocycles. The zero-order valence-corrected chi connectivity index (χ0v) is 18.4. The molecule has 0 bridgehead atoms. The van der Waals surface area contributed by atoms with Crippen LogP contribution in [-0.4, -0.2) is 57.3 Å². The summed E-state index contributed by atoms with van der Waals surface area (Å²) in [5.41, 5.74) is 1.21. The van der Waals surface area contributed by atoms with Gasteiger partial charge in [-0.1, -0.05) is 11.6 Å². The molecule has 1 amide bonds. The molecule has 10 nitrogen and oxygen atoms in total. The zero-order chi connectivity index (χ0) is 22.0. The first kappa shape index (κ1) is 21.8. The number of rotatable bonds is 6. The molecule has 10 heteroatoms. The normalized spacial score (nSPS) is 16.7. The second kappa shape index (κ2) is 8.86. The molecule has 1 fully saturated rings. The maximum absolute atomic E-state index is 12.9. The summed E-state index contributed by atoms with van der Waals surface area (Å²) in [6.07, 6.45) is 3.94. The van der Waals surface area contributed by atoms with Crippen LogP contribution in [0, 0.1) is 0 Å². The largest absolute Gasteiger partial charge is 0.358 e. The molecule has 1 saturated heterocycles. The minimum absolute atomic E-state index is 0.0542. The maximum Gasteiger partial charge on any atom is 0.332 e. The van der Waals surface area contributed by atoms with Crippen LogP contribution in [0.2, 0.25) is 0 Å². The number of piperidine rings is 1. The van der Waals surface area contributed by atoms with Gasteiger partial charge in [-0.15, -0.1) is 0 Å². The number of amides is 1. The van der Waals surface area contributed by atoms with Crippen LogP contribution in [0.1, 0.15) is 26.7 Å². The Balaban J connectivity index is 2.05. The van der Waals surface area contributed by atoms with Gasteiger partial charge in [0.15, 0.2) is 11.2 Å². The maximum atomic E-state index is 12.9. The molecule has 2 aromatic heterocycles. The highest BCUT2D eigenvalue weighted by atomic mass is 16.2. The smallest absolute Gasteiger partial charge is 0.332 e. The standard InChI is InChI=1S/C20H31N7O3/c1-13(2)8-10-27-16-17(24(4)20(30)25(5)18(16)29)23-19(27)26-9-6-7-14(12-26)22-11-15(28)21-3/h8,14,22H,6-7,9-12H2,1-5H3,(H,21,28). The van der Waals surface area contributed by atoms with E-state index in [9.17, 15) is 14.4 Å². The van der Waals surface area contributed by atoms with Crippen LogP contribution >= 0.6 is 0 Å². The summed E-state index contributed by atoms with van der Waals surface area (Å²) in [7, 11) is 4.74. The third kappa shape index (κ3) is 4.18. The molecule has 1 aliphatic heterocycles. The van der Waals surface area contributed by atoms with Gasteiger partial charge in [-0.05, 0) is 26.7 Å². The van der Waals surface area contributed by atoms with Gasteiger partial charge in [0.05, 0.1) is 6.54 Å². The van der Waals surface area contributed by atoms with E-state index in [1.807, 2.05) is 24.5 Å². The monoisotopic (exact) mass is 417 g/mol. The lowest BCUT2D eigenvalue weighted by Gasteiger charge is -2.34. The molecule has 1 atom stereocenters. The second-order valence-corrected chi connectivity index (χ2v) is 8.02. The minimum atomic E-state index is -0.394. The van der Waals surface area contributed by atoms with Crippen molar-refractivity contribution in [2.75, 3.05) is 31.6 Å². The quantitative estimate of drug-likeness (QED) is 0.626. The van der Waals surface area contributed by atoms with Gasteiger partial charge >= 0.3 is 5.69 Å². The third-order valence-corrected chi connectivity index (χ3v) is 5.54. The number of likely N-dealkylation sites (N-methyl/N-ethyl adjacent to an activating group) is 1. The van der Waals surface area contributed by atoms with Crippen molar-refractivity contribution in [2.24, 2.45) is 14.1 Å². The highest BCUT2D eigenvalue weighted by Gasteiger charge is 2.26. The average Bonchev–Trinajstić information content (AvgIpc) is 3.13. The van der Waals surface area contributed by atoms with Gasteiger partial charge in [-0.25, -0.2) is 4.79 Å². The Hall–Kier alpha value is -2.88. The first-order valence-electron chi connectivity index (χ1n) is 10.2. The molecule has 0 saturated carbocycles. The molecule has 1 unspecified atom stereocenters. The van der Waals surface area contributed by atoms with Gasteiger partial charge in [0.1, 0.15) is 0 Å². The predicted molar refractivity (Wildman–Crippen MR) is 117 cm³/mol. The molecule has 1 aliphatic rings. The van der Waals surface area contributed by atoms with Crippen LogP contribution in [-0.2, 0) is 25.4 Å². The Labute approximate surface area is 175 Å². The van der Waals surface area contributed by atoms with Crippen molar-refractivity contribution in [3.05, 3.63) is 32.5 Å². The summed E-state index contributed by atoms with van der Waals surface area (Å²) in [5.74, 6) is 0.619. The van der Waals surface area contributed by atoms with Crippen LogP contribution in [0.4, 0.5) is 5.95 Å². The number of carbonyl (C=O) groups excluding carboxylic acids is 1. The van der Waals surface area contributed by atoms with Gasteiger partial charge in [0, 0.05) is 46.8 Å². The van der Waals surface area contributed by atoms with Gasteiger partial charge in [0.25, 0.3) is 5.56 Å². The van der Waals surface area contributed by atoms with Crippen LogP contribution in [0.25, 0.3) is 11.2 Å². The Morgan fingerprint density at radius 3 is 2.63 bits per heavy atom. The number of carbonyl (C=O) groups is 1. The molecule has 0 radical (unpaired) electrons. The fourth-order valence-electron chi connectivity index (χ4n) is 3.77. The number of hydrogen-bond donors (Lipinski definition) is 2. The summed E-state index contributed by atoms with van der Waals surface area (Å²) in [5, 5.41) is 5.91. The molecule has 0 aromatic carbocycles. The van der Waals surface area contributed by atoms with E-state index < -0.39 is 5.69 Å². The summed E-state index contributed by atoms with van der Waals surface area (Å²) >= 11 is 0. The van der Waals surface area contributed by atoms with Gasteiger partial charge in [-0.3, -0.25) is 18.7 Å². The number of allylic oxidation sites excluding steroid dienone is 2. The van der Waals surface area contributed by atoms with Crippen LogP contribution in [0.3, 0.4) is 0 Å². The number of fused-ring (bicyclic) bond motifs is 1. The molecule has 164 valence electrons. The number of nitrogens with one attached hydrogen (secondary N) is 2. The second-order valence-electron chi connectivity index (χ2n) is 8.02. The van der Waals surface area contributed by atoms with Gasteiger partial charge in [-0.2, -0.15) is 4.98 Å². The van der Waals surface area contributed by atoms with E-state index in [0.717, 1.165) is 29.5 Å². The Morgan fingerprint density at radius 1 is 1.23 bits per heavy atom. The number of nitrogens with zero attached hydrogens (tertiary/aromatic N) is 5. The summed E-state index contributed by atoms with van der Waals surface area (Å²) in [6.45, 7) is 6.24. The molecule has 3 rings (SSSR count).